The van der Waals surface area contributed by atoms with Crippen LogP contribution in [0.1, 0.15) is 0 Å². The van der Waals surface area contributed by atoms with Crippen LogP contribution in [0.25, 0.3) is 33.4 Å². The van der Waals surface area contributed by atoms with Gasteiger partial charge in [-0.15, -0.1) is 0 Å². The zero-order valence-electron chi connectivity index (χ0n) is 16.3. The fourth-order valence-electron chi connectivity index (χ4n) is 3.25. The molecule has 0 saturated carbocycles. The van der Waals surface area contributed by atoms with Crippen molar-refractivity contribution in [2.75, 3.05) is 27.1 Å². The molecule has 0 atom stereocenters. The van der Waals surface area contributed by atoms with Crippen molar-refractivity contribution in [1.29, 1.82) is 0 Å². The molecular formula is C22H20N4O3. The highest BCUT2D eigenvalue weighted by Gasteiger charge is 2.16. The lowest BCUT2D eigenvalue weighted by Crippen LogP contribution is -1.99. The van der Waals surface area contributed by atoms with Gasteiger partial charge in [-0.05, 0) is 41.5 Å². The van der Waals surface area contributed by atoms with Gasteiger partial charge in [-0.3, -0.25) is 0 Å². The van der Waals surface area contributed by atoms with E-state index in [1.54, 1.807) is 21.3 Å². The van der Waals surface area contributed by atoms with E-state index < -0.39 is 0 Å². The Morgan fingerprint density at radius 1 is 0.793 bits per heavy atom. The van der Waals surface area contributed by atoms with Crippen LogP contribution in [0.3, 0.4) is 0 Å². The molecule has 7 heteroatoms. The van der Waals surface area contributed by atoms with Crippen LogP contribution in [0.2, 0.25) is 0 Å². The number of nitrogen functional groups attached to an aromatic ring is 1. The van der Waals surface area contributed by atoms with E-state index in [4.69, 9.17) is 24.9 Å². The highest BCUT2D eigenvalue weighted by atomic mass is 16.5. The van der Waals surface area contributed by atoms with Crippen molar-refractivity contribution in [2.24, 2.45) is 0 Å². The molecule has 2 aromatic carbocycles. The lowest BCUT2D eigenvalue weighted by atomic mass is 9.99. The van der Waals surface area contributed by atoms with Crippen LogP contribution in [0.15, 0.2) is 54.9 Å². The topological polar surface area (TPSA) is 92.4 Å². The van der Waals surface area contributed by atoms with Gasteiger partial charge in [0.05, 0.1) is 32.4 Å². The second-order valence-electron chi connectivity index (χ2n) is 6.31. The summed E-state index contributed by atoms with van der Waals surface area (Å²) in [7, 11) is 4.86. The molecule has 29 heavy (non-hydrogen) atoms. The molecule has 2 aromatic heterocycles. The Morgan fingerprint density at radius 2 is 1.59 bits per heavy atom. The molecule has 0 radical (unpaired) electrons. The number of hydrogen-bond donors (Lipinski definition) is 1. The third-order valence-corrected chi connectivity index (χ3v) is 4.70. The normalized spacial score (nSPS) is 10.7. The van der Waals surface area contributed by atoms with E-state index in [-0.39, 0.29) is 0 Å². The van der Waals surface area contributed by atoms with Crippen molar-refractivity contribution >= 4 is 16.9 Å². The Balaban J connectivity index is 2.01. The number of anilines is 1. The van der Waals surface area contributed by atoms with Gasteiger partial charge < -0.3 is 19.9 Å². The second-order valence-corrected chi connectivity index (χ2v) is 6.31. The second kappa shape index (κ2) is 7.63. The molecule has 2 N–H and O–H groups in total. The summed E-state index contributed by atoms with van der Waals surface area (Å²) in [5.74, 6) is 2.46. The number of hydrogen-bond acceptors (Lipinski definition) is 7. The van der Waals surface area contributed by atoms with E-state index in [1.165, 1.54) is 6.33 Å². The van der Waals surface area contributed by atoms with Crippen LogP contribution in [0, 0.1) is 0 Å². The van der Waals surface area contributed by atoms with Crippen molar-refractivity contribution in [3.63, 3.8) is 0 Å². The fourth-order valence-corrected chi connectivity index (χ4v) is 3.25. The Morgan fingerprint density at radius 3 is 2.34 bits per heavy atom. The molecule has 0 spiro atoms. The van der Waals surface area contributed by atoms with Crippen molar-refractivity contribution < 1.29 is 14.2 Å². The summed E-state index contributed by atoms with van der Waals surface area (Å²) < 4.78 is 16.2. The van der Waals surface area contributed by atoms with E-state index in [2.05, 4.69) is 9.97 Å². The molecule has 146 valence electrons. The van der Waals surface area contributed by atoms with Crippen molar-refractivity contribution in [1.82, 2.24) is 15.0 Å². The lowest BCUT2D eigenvalue weighted by molar-refractivity contribution is 0.395. The van der Waals surface area contributed by atoms with Crippen LogP contribution in [0.4, 0.5) is 5.82 Å². The number of rotatable bonds is 5. The van der Waals surface area contributed by atoms with Crippen molar-refractivity contribution in [2.45, 2.75) is 0 Å². The molecule has 0 bridgehead atoms. The average Bonchev–Trinajstić information content (AvgIpc) is 2.78. The predicted octanol–water partition coefficient (Wildman–Crippen LogP) is 3.97. The smallest absolute Gasteiger partial charge is 0.165 e. The van der Waals surface area contributed by atoms with Gasteiger partial charge in [-0.25, -0.2) is 15.0 Å². The highest BCUT2D eigenvalue weighted by Crippen LogP contribution is 2.38. The molecule has 0 fully saturated rings. The van der Waals surface area contributed by atoms with Crippen LogP contribution in [-0.2, 0) is 0 Å². The van der Waals surface area contributed by atoms with E-state index in [1.807, 2.05) is 48.5 Å². The summed E-state index contributed by atoms with van der Waals surface area (Å²) in [6.07, 6.45) is 1.41. The summed E-state index contributed by atoms with van der Waals surface area (Å²) in [4.78, 5) is 13.2. The first kappa shape index (κ1) is 18.5. The quantitative estimate of drug-likeness (QED) is 0.553. The number of nitrogens with two attached hydrogens (primary N) is 1. The number of ether oxygens (including phenoxy) is 3. The zero-order chi connectivity index (χ0) is 20.4. The summed E-state index contributed by atoms with van der Waals surface area (Å²) in [6.45, 7) is 0. The maximum Gasteiger partial charge on any atom is 0.165 e. The van der Waals surface area contributed by atoms with E-state index in [0.29, 0.717) is 34.0 Å². The van der Waals surface area contributed by atoms with Gasteiger partial charge >= 0.3 is 0 Å². The van der Waals surface area contributed by atoms with Gasteiger partial charge in [0.1, 0.15) is 29.4 Å². The molecule has 0 aliphatic rings. The van der Waals surface area contributed by atoms with Gasteiger partial charge in [0.2, 0.25) is 0 Å². The average molecular weight is 388 g/mol. The number of nitrogens with zero attached hydrogens (tertiary/aromatic N) is 3. The monoisotopic (exact) mass is 388 g/mol. The van der Waals surface area contributed by atoms with E-state index in [0.717, 1.165) is 22.4 Å². The Bertz CT molecular complexity index is 1190. The number of methoxy groups -OCH3 is 3. The molecule has 0 saturated heterocycles. The van der Waals surface area contributed by atoms with Gasteiger partial charge in [0.15, 0.2) is 5.65 Å². The van der Waals surface area contributed by atoms with Crippen LogP contribution in [-0.4, -0.2) is 36.3 Å². The molecular weight excluding hydrogens is 368 g/mol. The predicted molar refractivity (Wildman–Crippen MR) is 112 cm³/mol. The number of pyridine rings is 1. The van der Waals surface area contributed by atoms with Gasteiger partial charge in [0, 0.05) is 11.6 Å². The van der Waals surface area contributed by atoms with E-state index in [9.17, 15) is 0 Å². The lowest BCUT2D eigenvalue weighted by Gasteiger charge is -2.14. The first-order valence-electron chi connectivity index (χ1n) is 8.92. The standard InChI is InChI=1S/C22H20N4O3/c1-27-14-6-4-5-13(9-14)17-11-18(26-22-20(17)21(23)24-12-25-22)16-8-7-15(28-2)10-19(16)29-3/h4-12H,1-3H3,(H2,23,24,25,26). The Hall–Kier alpha value is -3.87. The minimum atomic E-state index is 0.369. The molecule has 0 aliphatic heterocycles. The van der Waals surface area contributed by atoms with Gasteiger partial charge in [0.25, 0.3) is 0 Å². The zero-order valence-corrected chi connectivity index (χ0v) is 16.3. The third kappa shape index (κ3) is 3.38. The maximum atomic E-state index is 6.18. The molecule has 0 unspecified atom stereocenters. The summed E-state index contributed by atoms with van der Waals surface area (Å²) in [5.41, 5.74) is 9.99. The summed E-state index contributed by atoms with van der Waals surface area (Å²) >= 11 is 0. The van der Waals surface area contributed by atoms with Crippen molar-refractivity contribution in [3.05, 3.63) is 54.9 Å². The summed E-state index contributed by atoms with van der Waals surface area (Å²) in [6, 6.07) is 15.3. The molecule has 0 aliphatic carbocycles. The van der Waals surface area contributed by atoms with E-state index >= 15 is 0 Å². The molecule has 0 amide bonds. The van der Waals surface area contributed by atoms with Gasteiger partial charge in [-0.2, -0.15) is 0 Å². The highest BCUT2D eigenvalue weighted by molar-refractivity contribution is 6.01. The minimum absolute atomic E-state index is 0.369. The third-order valence-electron chi connectivity index (χ3n) is 4.70. The van der Waals surface area contributed by atoms with Gasteiger partial charge in [-0.1, -0.05) is 12.1 Å². The SMILES string of the molecule is COc1cccc(-c2cc(-c3ccc(OC)cc3OC)nc3ncnc(N)c23)c1. The maximum absolute atomic E-state index is 6.18. The number of benzene rings is 2. The number of fused-ring (bicyclic) bond motifs is 1. The Kier molecular flexibility index (Phi) is 4.87. The summed E-state index contributed by atoms with van der Waals surface area (Å²) in [5, 5.41) is 0.692. The molecule has 2 heterocycles. The largest absolute Gasteiger partial charge is 0.497 e. The van der Waals surface area contributed by atoms with Crippen LogP contribution < -0.4 is 19.9 Å². The first-order chi connectivity index (χ1) is 14.1. The van der Waals surface area contributed by atoms with Crippen molar-refractivity contribution in [3.8, 4) is 39.6 Å². The van der Waals surface area contributed by atoms with Crippen LogP contribution in [0.5, 0.6) is 17.2 Å². The molecule has 4 rings (SSSR count). The minimum Gasteiger partial charge on any atom is -0.497 e. The first-order valence-corrected chi connectivity index (χ1v) is 8.92. The fraction of sp³-hybridized carbons (Fsp3) is 0.136. The Labute approximate surface area is 168 Å². The molecule has 4 aromatic rings. The molecule has 7 nitrogen and oxygen atoms in total. The van der Waals surface area contributed by atoms with Crippen LogP contribution >= 0.6 is 0 Å². The number of aromatic nitrogens is 3.